The first kappa shape index (κ1) is 42.0. The molecule has 0 radical (unpaired) electrons. The molecule has 322 valence electrons. The van der Waals surface area contributed by atoms with Crippen molar-refractivity contribution in [1.29, 1.82) is 0 Å². The zero-order valence-corrected chi connectivity index (χ0v) is 39.3. The van der Waals surface area contributed by atoms with E-state index in [1.54, 1.807) is 0 Å². The Morgan fingerprint density at radius 3 is 1.80 bits per heavy atom. The molecule has 6 nitrogen and oxygen atoms in total. The number of phenols is 1. The summed E-state index contributed by atoms with van der Waals surface area (Å²) in [5, 5.41) is 13.8. The maximum absolute atomic E-state index is 12.0. The molecule has 65 heavy (non-hydrogen) atoms. The van der Waals surface area contributed by atoms with E-state index < -0.39 is 5.41 Å². The van der Waals surface area contributed by atoms with Gasteiger partial charge in [0.1, 0.15) is 28.3 Å². The molecule has 0 amide bonds. The van der Waals surface area contributed by atoms with Crippen LogP contribution in [0.25, 0.3) is 106 Å². The molecule has 0 aliphatic rings. The fourth-order valence-corrected chi connectivity index (χ4v) is 9.14. The first-order chi connectivity index (χ1) is 30.9. The molecule has 0 atom stereocenters. The summed E-state index contributed by atoms with van der Waals surface area (Å²) in [5.74, 6) is 0.773. The maximum atomic E-state index is 12.0. The van der Waals surface area contributed by atoms with Gasteiger partial charge in [-0.1, -0.05) is 167 Å². The molecule has 0 aliphatic carbocycles. The molecule has 0 saturated carbocycles. The van der Waals surface area contributed by atoms with Crippen LogP contribution in [0, 0.1) is 6.07 Å². The van der Waals surface area contributed by atoms with Crippen LogP contribution in [0.15, 0.2) is 173 Å². The van der Waals surface area contributed by atoms with Gasteiger partial charge < -0.3 is 18.5 Å². The summed E-state index contributed by atoms with van der Waals surface area (Å²) in [6.07, 6.45) is 0. The number of furan rings is 2. The van der Waals surface area contributed by atoms with E-state index in [0.29, 0.717) is 28.4 Å². The largest absolute Gasteiger partial charge is 0.507 e. The molecular weight excluding hydrogens is 982 g/mol. The number of aromatic nitrogens is 3. The summed E-state index contributed by atoms with van der Waals surface area (Å²) in [7, 11) is 0. The van der Waals surface area contributed by atoms with Crippen LogP contribution in [-0.2, 0) is 31.9 Å². The van der Waals surface area contributed by atoms with Crippen molar-refractivity contribution < 1.29 is 35.0 Å². The Hall–Kier alpha value is -7.01. The standard InChI is InChI=1S/C58H46N3O3.Pt/c1-57(2,3)41-25-27-42(28-26-41)61-54(58(4,5)6)53(60-55(61)45-29-24-37(33-47(45)62)35-16-9-7-10-17-35)40-31-38(44-21-14-13-20-43(44)36-18-11-8-12-19-36)30-39(32-40)46-34-50-52-51-48(63-50)22-15-23-49(51)64-56(52)59-46;/h7-31,33-34,62H,1-6H3;/q-1;. The first-order valence-corrected chi connectivity index (χ1v) is 21.8. The second kappa shape index (κ2) is 15.9. The Balaban J connectivity index is 0.00000498. The van der Waals surface area contributed by atoms with Gasteiger partial charge in [0, 0.05) is 43.8 Å². The molecule has 1 N–H and O–H groups in total. The Morgan fingerprint density at radius 2 is 1.14 bits per heavy atom. The predicted molar refractivity (Wildman–Crippen MR) is 260 cm³/mol. The van der Waals surface area contributed by atoms with Gasteiger partial charge in [0.25, 0.3) is 0 Å². The molecule has 7 heteroatoms. The van der Waals surface area contributed by atoms with Crippen LogP contribution in [0.3, 0.4) is 0 Å². The smallest absolute Gasteiger partial charge is 0.224 e. The number of hydrogen-bond donors (Lipinski definition) is 1. The molecule has 0 fully saturated rings. The molecular formula is C58H46N3O3Pt-. The fourth-order valence-electron chi connectivity index (χ4n) is 9.14. The molecule has 0 aliphatic heterocycles. The summed E-state index contributed by atoms with van der Waals surface area (Å²) in [6.45, 7) is 13.3. The Morgan fingerprint density at radius 1 is 0.508 bits per heavy atom. The minimum atomic E-state index is -0.434. The van der Waals surface area contributed by atoms with E-state index in [1.807, 2.05) is 60.7 Å². The summed E-state index contributed by atoms with van der Waals surface area (Å²) in [5.41, 5.74) is 15.2. The SMILES string of the molecule is CC(C)(C)c1ccc(-n2c(-c3ccc(-c4ccccc4)cc3O)nc(-c3[c-]c(-c4cc5oc6cccc7oc(n4)c5c67)cc(-c4ccccc4-c4ccccc4)c3)c2C(C)(C)C)cc1.[Pt]. The normalized spacial score (nSPS) is 12.1. The van der Waals surface area contributed by atoms with Crippen LogP contribution in [0.1, 0.15) is 52.8 Å². The minimum absolute atomic E-state index is 0. The number of benzene rings is 7. The van der Waals surface area contributed by atoms with E-state index >= 15 is 0 Å². The van der Waals surface area contributed by atoms with Crippen molar-refractivity contribution in [2.45, 2.75) is 52.4 Å². The third kappa shape index (κ3) is 7.36. The summed E-state index contributed by atoms with van der Waals surface area (Å²) < 4.78 is 15.0. The molecule has 4 aromatic heterocycles. The van der Waals surface area contributed by atoms with Gasteiger partial charge in [0.15, 0.2) is 0 Å². The number of imidazole rings is 1. The molecule has 0 saturated heterocycles. The number of nitrogens with zero attached hydrogens (tertiary/aromatic N) is 3. The van der Waals surface area contributed by atoms with Gasteiger partial charge in [0.2, 0.25) is 5.71 Å². The molecule has 7 aromatic carbocycles. The second-order valence-corrected chi connectivity index (χ2v) is 18.7. The predicted octanol–water partition coefficient (Wildman–Crippen LogP) is 15.5. The van der Waals surface area contributed by atoms with E-state index in [-0.39, 0.29) is 32.2 Å². The van der Waals surface area contributed by atoms with Crippen molar-refractivity contribution in [3.8, 4) is 78.7 Å². The first-order valence-electron chi connectivity index (χ1n) is 21.8. The minimum Gasteiger partial charge on any atom is -0.507 e. The molecule has 11 rings (SSSR count). The van der Waals surface area contributed by atoms with Crippen molar-refractivity contribution in [1.82, 2.24) is 14.5 Å². The fraction of sp³-hybridized carbons (Fsp3) is 0.138. The van der Waals surface area contributed by atoms with Gasteiger partial charge in [-0.3, -0.25) is 9.97 Å². The van der Waals surface area contributed by atoms with Gasteiger partial charge in [-0.15, -0.1) is 18.2 Å². The van der Waals surface area contributed by atoms with Crippen LogP contribution in [0.2, 0.25) is 0 Å². The number of aromatic hydroxyl groups is 1. The Labute approximate surface area is 392 Å². The Kier molecular flexibility index (Phi) is 10.3. The van der Waals surface area contributed by atoms with Crippen LogP contribution in [0.4, 0.5) is 0 Å². The number of pyridine rings is 1. The van der Waals surface area contributed by atoms with Gasteiger partial charge >= 0.3 is 0 Å². The van der Waals surface area contributed by atoms with E-state index in [2.05, 4.69) is 155 Å². The van der Waals surface area contributed by atoms with Crippen molar-refractivity contribution >= 4 is 33.2 Å². The Bertz CT molecular complexity index is 3450. The van der Waals surface area contributed by atoms with Gasteiger partial charge in [0.05, 0.1) is 16.3 Å². The number of hydrogen-bond acceptors (Lipinski definition) is 5. The molecule has 0 bridgehead atoms. The van der Waals surface area contributed by atoms with Crippen molar-refractivity contribution in [3.05, 3.63) is 181 Å². The van der Waals surface area contributed by atoms with Crippen LogP contribution >= 0.6 is 0 Å². The summed E-state index contributed by atoms with van der Waals surface area (Å²) >= 11 is 0. The van der Waals surface area contributed by atoms with E-state index in [1.165, 1.54) is 5.56 Å². The van der Waals surface area contributed by atoms with Crippen LogP contribution < -0.4 is 0 Å². The van der Waals surface area contributed by atoms with Gasteiger partial charge in [-0.25, -0.2) is 0 Å². The zero-order chi connectivity index (χ0) is 43.9. The molecule has 0 unspecified atom stereocenters. The second-order valence-electron chi connectivity index (χ2n) is 18.7. The molecule has 4 heterocycles. The number of phenolic OH excluding ortho intramolecular Hbond substituents is 1. The summed E-state index contributed by atoms with van der Waals surface area (Å²) in [4.78, 5) is 10.7. The van der Waals surface area contributed by atoms with Crippen molar-refractivity contribution in [2.75, 3.05) is 0 Å². The third-order valence-corrected chi connectivity index (χ3v) is 12.3. The van der Waals surface area contributed by atoms with E-state index in [4.69, 9.17) is 18.8 Å². The summed E-state index contributed by atoms with van der Waals surface area (Å²) in [6, 6.07) is 59.7. The number of rotatable bonds is 7. The third-order valence-electron chi connectivity index (χ3n) is 12.3. The van der Waals surface area contributed by atoms with Crippen LogP contribution in [-0.4, -0.2) is 19.6 Å². The van der Waals surface area contributed by atoms with Crippen molar-refractivity contribution in [3.63, 3.8) is 0 Å². The van der Waals surface area contributed by atoms with Gasteiger partial charge in [-0.05, 0) is 86.7 Å². The zero-order valence-electron chi connectivity index (χ0n) is 37.0. The van der Waals surface area contributed by atoms with E-state index in [9.17, 15) is 5.11 Å². The van der Waals surface area contributed by atoms with E-state index in [0.717, 1.165) is 83.5 Å². The average molecular weight is 1030 g/mol. The quantitative estimate of drug-likeness (QED) is 0.161. The topological polar surface area (TPSA) is 77.2 Å². The molecule has 11 aromatic rings. The maximum Gasteiger partial charge on any atom is 0.224 e. The van der Waals surface area contributed by atoms with Gasteiger partial charge in [-0.2, -0.15) is 0 Å². The molecule has 0 spiro atoms. The van der Waals surface area contributed by atoms with Crippen molar-refractivity contribution in [2.24, 2.45) is 0 Å². The van der Waals surface area contributed by atoms with Crippen LogP contribution in [0.5, 0.6) is 5.75 Å². The monoisotopic (exact) mass is 1030 g/mol. The average Bonchev–Trinajstić information content (AvgIpc) is 4.02.